The van der Waals surface area contributed by atoms with Gasteiger partial charge in [0.15, 0.2) is 0 Å². The summed E-state index contributed by atoms with van der Waals surface area (Å²) in [6, 6.07) is 3.50. The summed E-state index contributed by atoms with van der Waals surface area (Å²) < 4.78 is 27.5. The quantitative estimate of drug-likeness (QED) is 0.835. The lowest BCUT2D eigenvalue weighted by Gasteiger charge is -2.15. The third-order valence-electron chi connectivity index (χ3n) is 3.50. The van der Waals surface area contributed by atoms with Crippen LogP contribution in [0.2, 0.25) is 0 Å². The molecule has 0 radical (unpaired) electrons. The Morgan fingerprint density at radius 1 is 1.42 bits per heavy atom. The Balaban J connectivity index is 2.21. The molecule has 6 heteroatoms. The molecule has 1 saturated heterocycles. The lowest BCUT2D eigenvalue weighted by Crippen LogP contribution is -2.31. The molecule has 4 nitrogen and oxygen atoms in total. The van der Waals surface area contributed by atoms with Crippen molar-refractivity contribution >= 4 is 27.5 Å². The van der Waals surface area contributed by atoms with Crippen molar-refractivity contribution in [2.24, 2.45) is 0 Å². The molecule has 1 aliphatic heterocycles. The minimum atomic E-state index is -3.52. The van der Waals surface area contributed by atoms with Crippen LogP contribution < -0.4 is 10.5 Å². The van der Waals surface area contributed by atoms with Gasteiger partial charge in [-0.1, -0.05) is 6.07 Å². The zero-order chi connectivity index (χ0) is 14.0. The molecule has 0 aliphatic carbocycles. The zero-order valence-corrected chi connectivity index (χ0v) is 12.9. The molecule has 1 unspecified atom stereocenters. The Bertz CT molecular complexity index is 564. The van der Waals surface area contributed by atoms with Crippen molar-refractivity contribution in [1.82, 2.24) is 4.72 Å². The van der Waals surface area contributed by atoms with Gasteiger partial charge in [0, 0.05) is 11.8 Å². The number of rotatable bonds is 4. The van der Waals surface area contributed by atoms with Gasteiger partial charge in [-0.15, -0.1) is 0 Å². The third kappa shape index (κ3) is 3.24. The second-order valence-electron chi connectivity index (χ2n) is 4.91. The standard InChI is InChI=1S/C13H20N2O2S2/c1-9-5-6-12(14)13(10(9)2)19(16,17)15-8-11-4-3-7-18-11/h5-6,11,15H,3-4,7-8,14H2,1-2H3. The van der Waals surface area contributed by atoms with E-state index in [-0.39, 0.29) is 4.90 Å². The summed E-state index contributed by atoms with van der Waals surface area (Å²) in [6.45, 7) is 4.17. The molecule has 1 atom stereocenters. The van der Waals surface area contributed by atoms with Crippen molar-refractivity contribution in [3.63, 3.8) is 0 Å². The fourth-order valence-corrected chi connectivity index (χ4v) is 5.06. The molecular weight excluding hydrogens is 280 g/mol. The van der Waals surface area contributed by atoms with Gasteiger partial charge in [-0.05, 0) is 49.6 Å². The predicted molar refractivity (Wildman–Crippen MR) is 81.0 cm³/mol. The van der Waals surface area contributed by atoms with E-state index in [4.69, 9.17) is 5.73 Å². The maximum Gasteiger partial charge on any atom is 0.242 e. The number of nitrogens with two attached hydrogens (primary N) is 1. The van der Waals surface area contributed by atoms with E-state index in [0.717, 1.165) is 23.3 Å². The average molecular weight is 300 g/mol. The molecule has 19 heavy (non-hydrogen) atoms. The number of hydrogen-bond donors (Lipinski definition) is 2. The average Bonchev–Trinajstić information content (AvgIpc) is 2.85. The van der Waals surface area contributed by atoms with Crippen molar-refractivity contribution in [2.45, 2.75) is 36.8 Å². The van der Waals surface area contributed by atoms with Gasteiger partial charge in [0.2, 0.25) is 10.0 Å². The fraction of sp³-hybridized carbons (Fsp3) is 0.538. The molecule has 0 bridgehead atoms. The van der Waals surface area contributed by atoms with E-state index >= 15 is 0 Å². The second kappa shape index (κ2) is 5.73. The van der Waals surface area contributed by atoms with Crippen molar-refractivity contribution < 1.29 is 8.42 Å². The van der Waals surface area contributed by atoms with Crippen LogP contribution in [0, 0.1) is 13.8 Å². The molecule has 1 aliphatic rings. The molecular formula is C13H20N2O2S2. The van der Waals surface area contributed by atoms with Crippen LogP contribution in [0.5, 0.6) is 0 Å². The van der Waals surface area contributed by atoms with Crippen LogP contribution in [0.1, 0.15) is 24.0 Å². The van der Waals surface area contributed by atoms with E-state index in [9.17, 15) is 8.42 Å². The van der Waals surface area contributed by atoms with Gasteiger partial charge in [-0.2, -0.15) is 11.8 Å². The summed E-state index contributed by atoms with van der Waals surface area (Å²) >= 11 is 1.83. The first kappa shape index (κ1) is 14.7. The molecule has 2 rings (SSSR count). The van der Waals surface area contributed by atoms with E-state index in [0.29, 0.717) is 17.5 Å². The summed E-state index contributed by atoms with van der Waals surface area (Å²) in [5.41, 5.74) is 7.81. The van der Waals surface area contributed by atoms with Crippen molar-refractivity contribution in [1.29, 1.82) is 0 Å². The second-order valence-corrected chi connectivity index (χ2v) is 8.02. The molecule has 1 fully saturated rings. The molecule has 1 aromatic carbocycles. The third-order valence-corrected chi connectivity index (χ3v) is 6.53. The summed E-state index contributed by atoms with van der Waals surface area (Å²) in [6.07, 6.45) is 2.25. The minimum Gasteiger partial charge on any atom is -0.398 e. The highest BCUT2D eigenvalue weighted by Crippen LogP contribution is 2.28. The number of benzene rings is 1. The lowest BCUT2D eigenvalue weighted by molar-refractivity contribution is 0.578. The lowest BCUT2D eigenvalue weighted by atomic mass is 10.1. The molecule has 106 valence electrons. The largest absolute Gasteiger partial charge is 0.398 e. The van der Waals surface area contributed by atoms with E-state index in [1.54, 1.807) is 13.0 Å². The number of nitrogens with one attached hydrogen (secondary N) is 1. The first-order valence-electron chi connectivity index (χ1n) is 6.39. The number of sulfonamides is 1. The highest BCUT2D eigenvalue weighted by Gasteiger charge is 2.23. The SMILES string of the molecule is Cc1ccc(N)c(S(=O)(=O)NCC2CCCS2)c1C. The first-order valence-corrected chi connectivity index (χ1v) is 8.92. The normalized spacial score (nSPS) is 19.8. The Hall–Kier alpha value is -0.720. The Morgan fingerprint density at radius 3 is 2.79 bits per heavy atom. The van der Waals surface area contributed by atoms with Gasteiger partial charge in [0.05, 0.1) is 5.69 Å². The topological polar surface area (TPSA) is 72.2 Å². The number of hydrogen-bond acceptors (Lipinski definition) is 4. The number of nitrogen functional groups attached to an aromatic ring is 1. The van der Waals surface area contributed by atoms with E-state index in [2.05, 4.69) is 4.72 Å². The predicted octanol–water partition coefficient (Wildman–Crippen LogP) is 2.06. The van der Waals surface area contributed by atoms with Crippen LogP contribution >= 0.6 is 11.8 Å². The van der Waals surface area contributed by atoms with Gasteiger partial charge < -0.3 is 5.73 Å². The summed E-state index contributed by atoms with van der Waals surface area (Å²) in [5.74, 6) is 1.12. The maximum atomic E-state index is 12.4. The van der Waals surface area contributed by atoms with E-state index in [1.807, 2.05) is 24.8 Å². The summed E-state index contributed by atoms with van der Waals surface area (Å²) in [5, 5.41) is 0.390. The van der Waals surface area contributed by atoms with Crippen molar-refractivity contribution in [2.75, 3.05) is 18.0 Å². The number of thioether (sulfide) groups is 1. The van der Waals surface area contributed by atoms with Gasteiger partial charge in [0.1, 0.15) is 4.90 Å². The fourth-order valence-electron chi connectivity index (χ4n) is 2.25. The Kier molecular flexibility index (Phi) is 4.43. The van der Waals surface area contributed by atoms with Crippen LogP contribution in [0.4, 0.5) is 5.69 Å². The van der Waals surface area contributed by atoms with E-state index in [1.165, 1.54) is 6.42 Å². The van der Waals surface area contributed by atoms with Crippen LogP contribution in [-0.2, 0) is 10.0 Å². The minimum absolute atomic E-state index is 0.232. The van der Waals surface area contributed by atoms with Crippen LogP contribution in [-0.4, -0.2) is 26.0 Å². The van der Waals surface area contributed by atoms with Crippen molar-refractivity contribution in [3.05, 3.63) is 23.3 Å². The smallest absolute Gasteiger partial charge is 0.242 e. The van der Waals surface area contributed by atoms with Crippen LogP contribution in [0.15, 0.2) is 17.0 Å². The highest BCUT2D eigenvalue weighted by molar-refractivity contribution is 8.00. The Morgan fingerprint density at radius 2 is 2.16 bits per heavy atom. The number of anilines is 1. The molecule has 0 saturated carbocycles. The molecule has 0 amide bonds. The molecule has 0 spiro atoms. The molecule has 1 heterocycles. The summed E-state index contributed by atoms with van der Waals surface area (Å²) in [7, 11) is -3.52. The van der Waals surface area contributed by atoms with Crippen LogP contribution in [0.3, 0.4) is 0 Å². The van der Waals surface area contributed by atoms with Crippen molar-refractivity contribution in [3.8, 4) is 0 Å². The molecule has 3 N–H and O–H groups in total. The highest BCUT2D eigenvalue weighted by atomic mass is 32.2. The van der Waals surface area contributed by atoms with Gasteiger partial charge in [0.25, 0.3) is 0 Å². The summed E-state index contributed by atoms with van der Waals surface area (Å²) in [4.78, 5) is 0.232. The van der Waals surface area contributed by atoms with Gasteiger partial charge in [-0.3, -0.25) is 0 Å². The van der Waals surface area contributed by atoms with Crippen LogP contribution in [0.25, 0.3) is 0 Å². The maximum absolute atomic E-state index is 12.4. The van der Waals surface area contributed by atoms with E-state index < -0.39 is 10.0 Å². The Labute approximate surface area is 119 Å². The first-order chi connectivity index (χ1) is 8.92. The van der Waals surface area contributed by atoms with Gasteiger partial charge >= 0.3 is 0 Å². The zero-order valence-electron chi connectivity index (χ0n) is 11.3. The molecule has 0 aromatic heterocycles. The monoisotopic (exact) mass is 300 g/mol. The molecule has 1 aromatic rings. The number of aryl methyl sites for hydroxylation is 1. The van der Waals surface area contributed by atoms with Gasteiger partial charge in [-0.25, -0.2) is 13.1 Å².